The molecule has 146 valence electrons. The van der Waals surface area contributed by atoms with Crippen molar-refractivity contribution in [3.8, 4) is 0 Å². The van der Waals surface area contributed by atoms with Crippen LogP contribution in [0.3, 0.4) is 0 Å². The molecular weight excluding hydrogens is 441 g/mol. The van der Waals surface area contributed by atoms with Crippen LogP contribution in [0.5, 0.6) is 0 Å². The second kappa shape index (κ2) is 9.18. The van der Waals surface area contributed by atoms with Gasteiger partial charge >= 0.3 is 0 Å². The van der Waals surface area contributed by atoms with E-state index in [4.69, 9.17) is 34.8 Å². The van der Waals surface area contributed by atoms with Crippen molar-refractivity contribution in [2.45, 2.75) is 18.6 Å². The molecule has 0 aliphatic carbocycles. The number of thioether (sulfide) groups is 1. The lowest BCUT2D eigenvalue weighted by molar-refractivity contribution is -0.129. The molecule has 1 aliphatic heterocycles. The van der Waals surface area contributed by atoms with Gasteiger partial charge in [0.2, 0.25) is 11.8 Å². The van der Waals surface area contributed by atoms with E-state index < -0.39 is 5.25 Å². The number of nitrogens with one attached hydrogen (secondary N) is 1. The van der Waals surface area contributed by atoms with Gasteiger partial charge in [-0.2, -0.15) is 0 Å². The average molecular weight is 457 g/mol. The number of amidine groups is 1. The largest absolute Gasteiger partial charge is 0.325 e. The molecule has 1 fully saturated rings. The summed E-state index contributed by atoms with van der Waals surface area (Å²) in [6, 6.07) is 11.8. The summed E-state index contributed by atoms with van der Waals surface area (Å²) in [6.45, 7) is 2.31. The van der Waals surface area contributed by atoms with Gasteiger partial charge in [0.25, 0.3) is 0 Å². The standard InChI is InChI=1S/C19H16Cl3N3O2S/c1-2-25-17(26)10-16(18(27)23-12-5-3-11(20)4-6-12)28-19(25)24-13-7-8-14(21)15(22)9-13/h3-9,16H,2,10H2,1H3,(H,23,27). The molecule has 0 radical (unpaired) electrons. The summed E-state index contributed by atoms with van der Waals surface area (Å²) in [7, 11) is 0. The Hall–Kier alpha value is -1.73. The molecule has 1 saturated heterocycles. The van der Waals surface area contributed by atoms with Gasteiger partial charge in [0.05, 0.1) is 15.7 Å². The fraction of sp³-hybridized carbons (Fsp3) is 0.211. The minimum Gasteiger partial charge on any atom is -0.325 e. The van der Waals surface area contributed by atoms with Crippen molar-refractivity contribution in [2.24, 2.45) is 4.99 Å². The SMILES string of the molecule is CCN1C(=O)CC(C(=O)Nc2ccc(Cl)cc2)SC1=Nc1ccc(Cl)c(Cl)c1. The fourth-order valence-corrected chi connectivity index (χ4v) is 4.15. The van der Waals surface area contributed by atoms with Crippen LogP contribution in [-0.2, 0) is 9.59 Å². The van der Waals surface area contributed by atoms with Crippen LogP contribution in [0.2, 0.25) is 15.1 Å². The quantitative estimate of drug-likeness (QED) is 0.649. The number of carbonyl (C=O) groups excluding carboxylic acids is 2. The van der Waals surface area contributed by atoms with E-state index in [9.17, 15) is 9.59 Å². The Bertz CT molecular complexity index is 935. The van der Waals surface area contributed by atoms with Crippen molar-refractivity contribution >= 4 is 74.9 Å². The van der Waals surface area contributed by atoms with Gasteiger partial charge in [-0.05, 0) is 49.4 Å². The Balaban J connectivity index is 1.82. The lowest BCUT2D eigenvalue weighted by Crippen LogP contribution is -2.45. The average Bonchev–Trinajstić information content (AvgIpc) is 2.66. The molecule has 0 bridgehead atoms. The molecule has 3 rings (SSSR count). The van der Waals surface area contributed by atoms with Gasteiger partial charge in [-0.15, -0.1) is 0 Å². The molecule has 2 amide bonds. The highest BCUT2D eigenvalue weighted by Crippen LogP contribution is 2.32. The molecule has 2 aromatic carbocycles. The third kappa shape index (κ3) is 5.00. The lowest BCUT2D eigenvalue weighted by Gasteiger charge is -2.30. The number of hydrogen-bond acceptors (Lipinski definition) is 4. The molecule has 0 aromatic heterocycles. The minimum absolute atomic E-state index is 0.0956. The maximum Gasteiger partial charge on any atom is 0.238 e. The number of rotatable bonds is 4. The van der Waals surface area contributed by atoms with Crippen LogP contribution >= 0.6 is 46.6 Å². The monoisotopic (exact) mass is 455 g/mol. The van der Waals surface area contributed by atoms with E-state index in [1.807, 2.05) is 6.92 Å². The van der Waals surface area contributed by atoms with Crippen molar-refractivity contribution in [1.29, 1.82) is 0 Å². The van der Waals surface area contributed by atoms with E-state index >= 15 is 0 Å². The summed E-state index contributed by atoms with van der Waals surface area (Å²) < 4.78 is 0. The first-order valence-corrected chi connectivity index (χ1v) is 10.5. The fourth-order valence-electron chi connectivity index (χ4n) is 2.57. The normalized spacial score (nSPS) is 18.4. The number of benzene rings is 2. The molecule has 28 heavy (non-hydrogen) atoms. The summed E-state index contributed by atoms with van der Waals surface area (Å²) in [4.78, 5) is 31.3. The van der Waals surface area contributed by atoms with Crippen molar-refractivity contribution in [2.75, 3.05) is 11.9 Å². The Labute approximate surface area is 182 Å². The molecule has 1 N–H and O–H groups in total. The Morgan fingerprint density at radius 3 is 2.54 bits per heavy atom. The van der Waals surface area contributed by atoms with Gasteiger partial charge in [0, 0.05) is 23.7 Å². The molecule has 1 aliphatic rings. The van der Waals surface area contributed by atoms with Crippen LogP contribution in [-0.4, -0.2) is 33.7 Å². The molecule has 1 heterocycles. The van der Waals surface area contributed by atoms with Gasteiger partial charge in [0.1, 0.15) is 5.25 Å². The van der Waals surface area contributed by atoms with Crippen LogP contribution in [0.15, 0.2) is 47.5 Å². The summed E-state index contributed by atoms with van der Waals surface area (Å²) in [5.41, 5.74) is 1.17. The molecule has 9 heteroatoms. The zero-order valence-electron chi connectivity index (χ0n) is 14.8. The number of anilines is 1. The smallest absolute Gasteiger partial charge is 0.238 e. The van der Waals surface area contributed by atoms with Gasteiger partial charge in [0.15, 0.2) is 5.17 Å². The summed E-state index contributed by atoms with van der Waals surface area (Å²) in [5.74, 6) is -0.422. The second-order valence-electron chi connectivity index (χ2n) is 5.94. The van der Waals surface area contributed by atoms with Gasteiger partial charge in [-0.3, -0.25) is 14.5 Å². The predicted molar refractivity (Wildman–Crippen MR) is 117 cm³/mol. The van der Waals surface area contributed by atoms with E-state index in [1.54, 1.807) is 47.4 Å². The first-order chi connectivity index (χ1) is 13.4. The van der Waals surface area contributed by atoms with Crippen LogP contribution in [0.4, 0.5) is 11.4 Å². The van der Waals surface area contributed by atoms with E-state index in [0.717, 1.165) is 0 Å². The zero-order chi connectivity index (χ0) is 20.3. The van der Waals surface area contributed by atoms with E-state index in [1.165, 1.54) is 11.8 Å². The van der Waals surface area contributed by atoms with Crippen LogP contribution < -0.4 is 5.32 Å². The molecule has 1 atom stereocenters. The van der Waals surface area contributed by atoms with E-state index in [0.29, 0.717) is 38.2 Å². The molecule has 5 nitrogen and oxygen atoms in total. The van der Waals surface area contributed by atoms with Crippen molar-refractivity contribution < 1.29 is 9.59 Å². The molecule has 2 aromatic rings. The third-order valence-corrected chi connectivity index (χ3v) is 6.17. The lowest BCUT2D eigenvalue weighted by atomic mass is 10.2. The first-order valence-electron chi connectivity index (χ1n) is 8.44. The Kier molecular flexibility index (Phi) is 6.88. The number of carbonyl (C=O) groups is 2. The maximum atomic E-state index is 12.7. The van der Waals surface area contributed by atoms with Crippen LogP contribution in [0, 0.1) is 0 Å². The number of amides is 2. The van der Waals surface area contributed by atoms with Crippen LogP contribution in [0.25, 0.3) is 0 Å². The topological polar surface area (TPSA) is 61.8 Å². The number of nitrogens with zero attached hydrogens (tertiary/aromatic N) is 2. The van der Waals surface area contributed by atoms with Crippen molar-refractivity contribution in [3.05, 3.63) is 57.5 Å². The third-order valence-electron chi connectivity index (χ3n) is 3.99. The van der Waals surface area contributed by atoms with Gasteiger partial charge < -0.3 is 5.32 Å². The molecule has 0 spiro atoms. The Morgan fingerprint density at radius 1 is 1.18 bits per heavy atom. The number of hydrogen-bond donors (Lipinski definition) is 1. The number of halogens is 3. The van der Waals surface area contributed by atoms with Crippen LogP contribution in [0.1, 0.15) is 13.3 Å². The van der Waals surface area contributed by atoms with Crippen molar-refractivity contribution in [3.63, 3.8) is 0 Å². The highest BCUT2D eigenvalue weighted by molar-refractivity contribution is 8.15. The summed E-state index contributed by atoms with van der Waals surface area (Å²) in [6.07, 6.45) is 0.0956. The van der Waals surface area contributed by atoms with E-state index in [2.05, 4.69) is 10.3 Å². The zero-order valence-corrected chi connectivity index (χ0v) is 17.9. The molecule has 0 saturated carbocycles. The maximum absolute atomic E-state index is 12.7. The minimum atomic E-state index is -0.590. The Morgan fingerprint density at radius 2 is 1.89 bits per heavy atom. The highest BCUT2D eigenvalue weighted by atomic mass is 35.5. The van der Waals surface area contributed by atoms with E-state index in [-0.39, 0.29) is 18.2 Å². The summed E-state index contributed by atoms with van der Waals surface area (Å²) in [5, 5.41) is 4.04. The van der Waals surface area contributed by atoms with Gasteiger partial charge in [-0.25, -0.2) is 4.99 Å². The predicted octanol–water partition coefficient (Wildman–Crippen LogP) is 5.63. The highest BCUT2D eigenvalue weighted by Gasteiger charge is 2.35. The second-order valence-corrected chi connectivity index (χ2v) is 8.36. The molecule has 1 unspecified atom stereocenters. The molecular formula is C19H16Cl3N3O2S. The summed E-state index contributed by atoms with van der Waals surface area (Å²) >= 11 is 19.1. The van der Waals surface area contributed by atoms with Gasteiger partial charge in [-0.1, -0.05) is 46.6 Å². The number of aliphatic imine (C=N–C) groups is 1. The van der Waals surface area contributed by atoms with Crippen molar-refractivity contribution in [1.82, 2.24) is 4.90 Å². The first kappa shape index (κ1) is 21.0.